The average Bonchev–Trinajstić information content (AvgIpc) is 3.08. The number of hydrogen-bond donors (Lipinski definition) is 1. The number of fused-ring (bicyclic) bond motifs is 1. The fourth-order valence-electron chi connectivity index (χ4n) is 3.06. The minimum atomic E-state index is -0.0138. The number of imidazole rings is 1. The number of nitrogens with one attached hydrogen (secondary N) is 1. The van der Waals surface area contributed by atoms with Crippen LogP contribution in [0.1, 0.15) is 11.1 Å². The van der Waals surface area contributed by atoms with Gasteiger partial charge in [-0.25, -0.2) is 4.98 Å². The zero-order valence-electron chi connectivity index (χ0n) is 14.5. The van der Waals surface area contributed by atoms with Crippen molar-refractivity contribution in [2.24, 2.45) is 0 Å². The molecular formula is C22H19N3O. The molecule has 0 radical (unpaired) electrons. The van der Waals surface area contributed by atoms with Crippen molar-refractivity contribution >= 4 is 22.6 Å². The maximum atomic E-state index is 12.3. The summed E-state index contributed by atoms with van der Waals surface area (Å²) in [6, 6.07) is 23.8. The molecule has 4 heteroatoms. The number of rotatable bonds is 4. The average molecular weight is 341 g/mol. The van der Waals surface area contributed by atoms with E-state index >= 15 is 0 Å². The van der Waals surface area contributed by atoms with Gasteiger partial charge in [-0.05, 0) is 54.4 Å². The number of amides is 1. The van der Waals surface area contributed by atoms with Crippen LogP contribution in [0, 0.1) is 6.92 Å². The smallest absolute Gasteiger partial charge is 0.228 e. The lowest BCUT2D eigenvalue weighted by Gasteiger charge is -2.09. The van der Waals surface area contributed by atoms with Gasteiger partial charge in [0.05, 0.1) is 17.5 Å². The molecule has 4 aromatic rings. The summed E-state index contributed by atoms with van der Waals surface area (Å²) in [6.07, 6.45) is 2.19. The summed E-state index contributed by atoms with van der Waals surface area (Å²) < 4.78 is 2.04. The van der Waals surface area contributed by atoms with Crippen LogP contribution < -0.4 is 5.32 Å². The normalized spacial score (nSPS) is 10.8. The highest BCUT2D eigenvalue weighted by Gasteiger charge is 2.07. The van der Waals surface area contributed by atoms with E-state index in [1.54, 1.807) is 0 Å². The summed E-state index contributed by atoms with van der Waals surface area (Å²) in [6.45, 7) is 2.02. The Morgan fingerprint density at radius 1 is 0.962 bits per heavy atom. The maximum Gasteiger partial charge on any atom is 0.228 e. The molecule has 0 saturated carbocycles. The van der Waals surface area contributed by atoms with Crippen molar-refractivity contribution in [2.45, 2.75) is 13.3 Å². The van der Waals surface area contributed by atoms with Crippen LogP contribution in [-0.2, 0) is 11.2 Å². The number of benzene rings is 3. The van der Waals surface area contributed by atoms with E-state index in [4.69, 9.17) is 0 Å². The topological polar surface area (TPSA) is 46.9 Å². The number of aryl methyl sites for hydroxylation is 1. The van der Waals surface area contributed by atoms with Crippen molar-refractivity contribution in [3.8, 4) is 5.69 Å². The Hall–Kier alpha value is -3.40. The lowest BCUT2D eigenvalue weighted by Crippen LogP contribution is -2.15. The molecule has 26 heavy (non-hydrogen) atoms. The third kappa shape index (κ3) is 3.22. The van der Waals surface area contributed by atoms with Crippen LogP contribution in [0.3, 0.4) is 0 Å². The zero-order valence-corrected chi connectivity index (χ0v) is 14.5. The molecular weight excluding hydrogens is 322 g/mol. The summed E-state index contributed by atoms with van der Waals surface area (Å²) in [5, 5.41) is 2.96. The van der Waals surface area contributed by atoms with E-state index < -0.39 is 0 Å². The standard InChI is InChI=1S/C22H19N3O/c1-16-6-2-3-7-17(16)14-22(26)24-18-10-12-19(13-11-18)25-15-23-20-8-4-5-9-21(20)25/h2-13,15H,14H2,1H3,(H,24,26). The van der Waals surface area contributed by atoms with Crippen LogP contribution in [0.2, 0.25) is 0 Å². The monoisotopic (exact) mass is 341 g/mol. The predicted molar refractivity (Wildman–Crippen MR) is 105 cm³/mol. The van der Waals surface area contributed by atoms with Crippen LogP contribution >= 0.6 is 0 Å². The van der Waals surface area contributed by atoms with Crippen molar-refractivity contribution in [1.29, 1.82) is 0 Å². The number of hydrogen-bond acceptors (Lipinski definition) is 2. The molecule has 3 aromatic carbocycles. The van der Waals surface area contributed by atoms with Gasteiger partial charge in [0.15, 0.2) is 0 Å². The lowest BCUT2D eigenvalue weighted by molar-refractivity contribution is -0.115. The summed E-state index contributed by atoms with van der Waals surface area (Å²) in [5.41, 5.74) is 6.00. The molecule has 0 saturated heterocycles. The highest BCUT2D eigenvalue weighted by atomic mass is 16.1. The van der Waals surface area contributed by atoms with Crippen LogP contribution in [0.15, 0.2) is 79.1 Å². The van der Waals surface area contributed by atoms with Crippen molar-refractivity contribution in [3.05, 3.63) is 90.3 Å². The first kappa shape index (κ1) is 16.1. The quantitative estimate of drug-likeness (QED) is 0.593. The third-order valence-corrected chi connectivity index (χ3v) is 4.50. The second kappa shape index (κ2) is 6.84. The molecule has 1 amide bonds. The molecule has 4 rings (SSSR count). The third-order valence-electron chi connectivity index (χ3n) is 4.50. The van der Waals surface area contributed by atoms with Gasteiger partial charge >= 0.3 is 0 Å². The van der Waals surface area contributed by atoms with Gasteiger partial charge in [0.2, 0.25) is 5.91 Å². The SMILES string of the molecule is Cc1ccccc1CC(=O)Nc1ccc(-n2cnc3ccccc32)cc1. The van der Waals surface area contributed by atoms with E-state index in [9.17, 15) is 4.79 Å². The first-order valence-electron chi connectivity index (χ1n) is 8.57. The van der Waals surface area contributed by atoms with Crippen LogP contribution in [-0.4, -0.2) is 15.5 Å². The van der Waals surface area contributed by atoms with E-state index in [2.05, 4.69) is 10.3 Å². The Morgan fingerprint density at radius 3 is 2.50 bits per heavy atom. The van der Waals surface area contributed by atoms with E-state index in [0.717, 1.165) is 33.5 Å². The molecule has 0 aliphatic heterocycles. The highest BCUT2D eigenvalue weighted by Crippen LogP contribution is 2.20. The largest absolute Gasteiger partial charge is 0.326 e. The van der Waals surface area contributed by atoms with E-state index in [0.29, 0.717) is 6.42 Å². The number of carbonyl (C=O) groups excluding carboxylic acids is 1. The minimum absolute atomic E-state index is 0.0138. The van der Waals surface area contributed by atoms with Crippen LogP contribution in [0.4, 0.5) is 5.69 Å². The molecule has 4 nitrogen and oxygen atoms in total. The van der Waals surface area contributed by atoms with Crippen molar-refractivity contribution in [3.63, 3.8) is 0 Å². The second-order valence-electron chi connectivity index (χ2n) is 6.30. The summed E-state index contributed by atoms with van der Waals surface area (Å²) in [4.78, 5) is 16.7. The molecule has 0 spiro atoms. The van der Waals surface area contributed by atoms with Gasteiger partial charge in [0.1, 0.15) is 6.33 Å². The first-order chi connectivity index (χ1) is 12.7. The number of nitrogens with zero attached hydrogens (tertiary/aromatic N) is 2. The van der Waals surface area contributed by atoms with E-state index in [-0.39, 0.29) is 5.91 Å². The summed E-state index contributed by atoms with van der Waals surface area (Å²) >= 11 is 0. The van der Waals surface area contributed by atoms with Crippen molar-refractivity contribution in [2.75, 3.05) is 5.32 Å². The first-order valence-corrected chi connectivity index (χ1v) is 8.57. The number of carbonyl (C=O) groups is 1. The molecule has 0 atom stereocenters. The Kier molecular flexibility index (Phi) is 4.23. The second-order valence-corrected chi connectivity index (χ2v) is 6.30. The molecule has 1 N–H and O–H groups in total. The minimum Gasteiger partial charge on any atom is -0.326 e. The van der Waals surface area contributed by atoms with Gasteiger partial charge in [-0.3, -0.25) is 9.36 Å². The Labute approximate surface area is 152 Å². The fraction of sp³-hybridized carbons (Fsp3) is 0.0909. The molecule has 1 aromatic heterocycles. The van der Waals surface area contributed by atoms with E-state index in [1.165, 1.54) is 0 Å². The number of para-hydroxylation sites is 2. The van der Waals surface area contributed by atoms with Crippen molar-refractivity contribution in [1.82, 2.24) is 9.55 Å². The van der Waals surface area contributed by atoms with Gasteiger partial charge in [-0.15, -0.1) is 0 Å². The number of aromatic nitrogens is 2. The van der Waals surface area contributed by atoms with E-state index in [1.807, 2.05) is 90.6 Å². The maximum absolute atomic E-state index is 12.3. The predicted octanol–water partition coefficient (Wildman–Crippen LogP) is 4.52. The van der Waals surface area contributed by atoms with Gasteiger partial charge in [0.25, 0.3) is 0 Å². The van der Waals surface area contributed by atoms with Gasteiger partial charge in [-0.2, -0.15) is 0 Å². The summed E-state index contributed by atoms with van der Waals surface area (Å²) in [7, 11) is 0. The van der Waals surface area contributed by atoms with Gasteiger partial charge < -0.3 is 5.32 Å². The molecule has 1 heterocycles. The van der Waals surface area contributed by atoms with Gasteiger partial charge in [0, 0.05) is 11.4 Å². The Morgan fingerprint density at radius 2 is 1.69 bits per heavy atom. The fourth-order valence-corrected chi connectivity index (χ4v) is 3.06. The lowest BCUT2D eigenvalue weighted by atomic mass is 10.1. The Balaban J connectivity index is 1.49. The molecule has 128 valence electrons. The summed E-state index contributed by atoms with van der Waals surface area (Å²) in [5.74, 6) is -0.0138. The molecule has 0 aliphatic rings. The highest BCUT2D eigenvalue weighted by molar-refractivity contribution is 5.92. The van der Waals surface area contributed by atoms with Crippen LogP contribution in [0.25, 0.3) is 16.7 Å². The van der Waals surface area contributed by atoms with Crippen LogP contribution in [0.5, 0.6) is 0 Å². The number of anilines is 1. The molecule has 0 aliphatic carbocycles. The van der Waals surface area contributed by atoms with Crippen molar-refractivity contribution < 1.29 is 4.79 Å². The molecule has 0 bridgehead atoms. The zero-order chi connectivity index (χ0) is 17.9. The van der Waals surface area contributed by atoms with Gasteiger partial charge in [-0.1, -0.05) is 36.4 Å². The molecule has 0 fully saturated rings. The molecule has 0 unspecified atom stereocenters. The Bertz CT molecular complexity index is 1060.